The van der Waals surface area contributed by atoms with Crippen LogP contribution in [0.15, 0.2) is 35.9 Å². The number of allylic oxidation sites excluding steroid dienone is 3. The molecule has 0 aromatic heterocycles. The molecule has 0 N–H and O–H groups in total. The molecule has 0 fully saturated rings. The lowest BCUT2D eigenvalue weighted by molar-refractivity contribution is 0.368. The Balaban J connectivity index is 2.47. The van der Waals surface area contributed by atoms with E-state index in [2.05, 4.69) is 45.6 Å². The summed E-state index contributed by atoms with van der Waals surface area (Å²) in [5.74, 6) is 2.62. The van der Waals surface area contributed by atoms with E-state index in [1.807, 2.05) is 0 Å². The van der Waals surface area contributed by atoms with Crippen LogP contribution < -0.4 is 9.47 Å². The van der Waals surface area contributed by atoms with Crippen LogP contribution in [0.25, 0.3) is 0 Å². The van der Waals surface area contributed by atoms with Crippen LogP contribution >= 0.6 is 0 Å². The van der Waals surface area contributed by atoms with Crippen molar-refractivity contribution in [1.82, 2.24) is 0 Å². The smallest absolute Gasteiger partial charge is 0.126 e. The lowest BCUT2D eigenvalue weighted by Crippen LogP contribution is -2.18. The predicted molar refractivity (Wildman–Crippen MR) is 107 cm³/mol. The molecule has 1 aromatic carbocycles. The third kappa shape index (κ3) is 4.68. The lowest BCUT2D eigenvalue weighted by Gasteiger charge is -2.32. The molecule has 2 nitrogen and oxygen atoms in total. The van der Waals surface area contributed by atoms with Gasteiger partial charge in [-0.2, -0.15) is 0 Å². The Morgan fingerprint density at radius 1 is 1.16 bits per heavy atom. The second-order valence-electron chi connectivity index (χ2n) is 7.40. The zero-order valence-electron chi connectivity index (χ0n) is 16.7. The quantitative estimate of drug-likeness (QED) is 0.307. The summed E-state index contributed by atoms with van der Waals surface area (Å²) in [6.45, 7) is 10.8. The summed E-state index contributed by atoms with van der Waals surface area (Å²) in [5, 5.41) is 0. The fourth-order valence-electron chi connectivity index (χ4n) is 3.95. The van der Waals surface area contributed by atoms with E-state index in [-0.39, 0.29) is 5.92 Å². The lowest BCUT2D eigenvalue weighted by atomic mass is 9.74. The van der Waals surface area contributed by atoms with Gasteiger partial charge in [0, 0.05) is 11.5 Å². The zero-order valence-corrected chi connectivity index (χ0v) is 16.7. The van der Waals surface area contributed by atoms with Gasteiger partial charge in [-0.3, -0.25) is 0 Å². The highest BCUT2D eigenvalue weighted by Crippen LogP contribution is 2.47. The summed E-state index contributed by atoms with van der Waals surface area (Å²) in [4.78, 5) is 0. The SMILES string of the molecule is C=C([13CH3])[C@@H]1CCC(C)=C[C@H]1c1c(OC)cc(CCCCC)cc1OC. The molecule has 0 aliphatic heterocycles. The normalized spacial score (nSPS) is 20.1. The van der Waals surface area contributed by atoms with Crippen molar-refractivity contribution in [3.05, 3.63) is 47.1 Å². The van der Waals surface area contributed by atoms with E-state index >= 15 is 0 Å². The zero-order chi connectivity index (χ0) is 18.4. The average Bonchev–Trinajstić information content (AvgIpc) is 2.60. The average molecular weight is 344 g/mol. The molecule has 0 unspecified atom stereocenters. The van der Waals surface area contributed by atoms with Crippen molar-refractivity contribution in [1.29, 1.82) is 0 Å². The minimum atomic E-state index is 0.279. The Morgan fingerprint density at radius 3 is 2.32 bits per heavy atom. The highest BCUT2D eigenvalue weighted by atomic mass is 16.5. The number of ether oxygens (including phenoxy) is 2. The number of benzene rings is 1. The minimum absolute atomic E-state index is 0.279. The number of aryl methyl sites for hydroxylation is 1. The molecule has 0 saturated heterocycles. The molecule has 1 aliphatic carbocycles. The predicted octanol–water partition coefficient (Wildman–Crippen LogP) is 6.45. The van der Waals surface area contributed by atoms with E-state index in [0.29, 0.717) is 5.92 Å². The van der Waals surface area contributed by atoms with Crippen LogP contribution in [-0.4, -0.2) is 14.2 Å². The highest BCUT2D eigenvalue weighted by Gasteiger charge is 2.30. The van der Waals surface area contributed by atoms with Gasteiger partial charge in [0.25, 0.3) is 0 Å². The molecule has 0 spiro atoms. The van der Waals surface area contributed by atoms with Gasteiger partial charge in [0.1, 0.15) is 11.5 Å². The van der Waals surface area contributed by atoms with Crippen LogP contribution in [0.1, 0.15) is 69.9 Å². The van der Waals surface area contributed by atoms with Crippen molar-refractivity contribution >= 4 is 0 Å². The molecule has 0 bridgehead atoms. The third-order valence-corrected chi connectivity index (χ3v) is 5.39. The third-order valence-electron chi connectivity index (χ3n) is 5.39. The van der Waals surface area contributed by atoms with Crippen LogP contribution in [-0.2, 0) is 6.42 Å². The Bertz CT molecular complexity index is 602. The standard InChI is InChI=1S/C23H34O2/c1-7-8-9-10-18-14-21(24-5)23(22(15-18)25-6)20-13-17(4)11-12-19(20)16(2)3/h13-15,19-20H,2,7-12H2,1,3-6H3/t19-,20+/m0/s1/i3+1. The summed E-state index contributed by atoms with van der Waals surface area (Å²) in [6, 6.07) is 4.42. The number of unbranched alkanes of at least 4 members (excludes halogenated alkanes) is 2. The monoisotopic (exact) mass is 343 g/mol. The van der Waals surface area contributed by atoms with Crippen LogP contribution in [0.5, 0.6) is 11.5 Å². The topological polar surface area (TPSA) is 18.5 Å². The fraction of sp³-hybridized carbons (Fsp3) is 0.565. The Labute approximate surface area is 153 Å². The van der Waals surface area contributed by atoms with E-state index in [0.717, 1.165) is 30.8 Å². The molecular formula is C23H34O2. The minimum Gasteiger partial charge on any atom is -0.496 e. The van der Waals surface area contributed by atoms with Crippen molar-refractivity contribution in [3.63, 3.8) is 0 Å². The molecule has 2 atom stereocenters. The summed E-state index contributed by atoms with van der Waals surface area (Å²) in [6.07, 6.45) is 9.46. The van der Waals surface area contributed by atoms with Crippen molar-refractivity contribution < 1.29 is 9.47 Å². The summed E-state index contributed by atoms with van der Waals surface area (Å²) in [7, 11) is 3.53. The molecule has 2 heteroatoms. The van der Waals surface area contributed by atoms with Crippen LogP contribution in [0.2, 0.25) is 0 Å². The first-order valence-electron chi connectivity index (χ1n) is 9.59. The van der Waals surface area contributed by atoms with Gasteiger partial charge >= 0.3 is 0 Å². The van der Waals surface area contributed by atoms with Gasteiger partial charge in [0.15, 0.2) is 0 Å². The fourth-order valence-corrected chi connectivity index (χ4v) is 3.95. The van der Waals surface area contributed by atoms with Crippen LogP contribution in [0.3, 0.4) is 0 Å². The first-order valence-corrected chi connectivity index (χ1v) is 9.59. The van der Waals surface area contributed by atoms with E-state index in [9.17, 15) is 0 Å². The Hall–Kier alpha value is -1.70. The highest BCUT2D eigenvalue weighted by molar-refractivity contribution is 5.53. The first-order chi connectivity index (χ1) is 12.0. The van der Waals surface area contributed by atoms with Gasteiger partial charge in [-0.15, -0.1) is 0 Å². The van der Waals surface area contributed by atoms with Gasteiger partial charge in [0.2, 0.25) is 0 Å². The molecule has 2 rings (SSSR count). The van der Waals surface area contributed by atoms with Crippen molar-refractivity contribution in [2.75, 3.05) is 14.2 Å². The van der Waals surface area contributed by atoms with Gasteiger partial charge in [-0.05, 0) is 63.1 Å². The number of hydrogen-bond acceptors (Lipinski definition) is 2. The Kier molecular flexibility index (Phi) is 7.16. The number of methoxy groups -OCH3 is 2. The summed E-state index contributed by atoms with van der Waals surface area (Å²) >= 11 is 0. The molecule has 0 saturated carbocycles. The van der Waals surface area contributed by atoms with E-state index in [1.165, 1.54) is 41.5 Å². The molecule has 1 aromatic rings. The molecule has 0 radical (unpaired) electrons. The maximum atomic E-state index is 5.81. The van der Waals surface area contributed by atoms with Gasteiger partial charge < -0.3 is 9.47 Å². The van der Waals surface area contributed by atoms with Crippen LogP contribution in [0.4, 0.5) is 0 Å². The van der Waals surface area contributed by atoms with E-state index < -0.39 is 0 Å². The summed E-state index contributed by atoms with van der Waals surface area (Å²) < 4.78 is 11.6. The molecule has 25 heavy (non-hydrogen) atoms. The number of hydrogen-bond donors (Lipinski definition) is 0. The van der Waals surface area contributed by atoms with Crippen LogP contribution in [0, 0.1) is 5.92 Å². The van der Waals surface area contributed by atoms with Gasteiger partial charge in [-0.1, -0.05) is 43.6 Å². The molecule has 138 valence electrons. The Morgan fingerprint density at radius 2 is 1.80 bits per heavy atom. The van der Waals surface area contributed by atoms with Gasteiger partial charge in [0.05, 0.1) is 14.2 Å². The molecule has 0 amide bonds. The maximum Gasteiger partial charge on any atom is 0.126 e. The van der Waals surface area contributed by atoms with E-state index in [4.69, 9.17) is 9.47 Å². The van der Waals surface area contributed by atoms with Crippen molar-refractivity contribution in [3.8, 4) is 11.5 Å². The number of rotatable bonds is 8. The molecular weight excluding hydrogens is 309 g/mol. The van der Waals surface area contributed by atoms with Crippen molar-refractivity contribution in [2.24, 2.45) is 5.92 Å². The van der Waals surface area contributed by atoms with E-state index in [1.54, 1.807) is 14.2 Å². The second kappa shape index (κ2) is 9.12. The molecule has 1 aliphatic rings. The summed E-state index contributed by atoms with van der Waals surface area (Å²) in [5.41, 5.74) is 5.16. The second-order valence-corrected chi connectivity index (χ2v) is 7.40. The first kappa shape index (κ1) is 19.6. The molecule has 0 heterocycles. The van der Waals surface area contributed by atoms with Gasteiger partial charge in [-0.25, -0.2) is 0 Å². The largest absolute Gasteiger partial charge is 0.496 e. The van der Waals surface area contributed by atoms with Crippen molar-refractivity contribution in [2.45, 2.75) is 65.2 Å². The maximum absolute atomic E-state index is 5.81.